The fraction of sp³-hybridized carbons (Fsp3) is 0.444. The van der Waals surface area contributed by atoms with Crippen molar-refractivity contribution in [3.05, 3.63) is 24.3 Å². The zero-order valence-corrected chi connectivity index (χ0v) is 16.1. The summed E-state index contributed by atoms with van der Waals surface area (Å²) in [6.45, 7) is 1.66. The van der Waals surface area contributed by atoms with Gasteiger partial charge in [-0.1, -0.05) is 0 Å². The second-order valence-corrected chi connectivity index (χ2v) is 6.61. The zero-order chi connectivity index (χ0) is 19.2. The lowest BCUT2D eigenvalue weighted by atomic mass is 9.99. The lowest BCUT2D eigenvalue weighted by Gasteiger charge is -2.21. The summed E-state index contributed by atoms with van der Waals surface area (Å²) in [7, 11) is 0. The van der Waals surface area contributed by atoms with Gasteiger partial charge in [-0.2, -0.15) is 0 Å². The van der Waals surface area contributed by atoms with Crippen molar-refractivity contribution in [2.45, 2.75) is 19.3 Å². The number of halogens is 1. The monoisotopic (exact) mass is 409 g/mol. The molecule has 1 atom stereocenters. The van der Waals surface area contributed by atoms with Crippen LogP contribution >= 0.6 is 12.4 Å². The van der Waals surface area contributed by atoms with Crippen LogP contribution in [0.4, 0.5) is 16.2 Å². The smallest absolute Gasteiger partial charge is 0.324 e. The third-order valence-electron chi connectivity index (χ3n) is 4.60. The molecule has 2 heterocycles. The summed E-state index contributed by atoms with van der Waals surface area (Å²) >= 11 is 0. The lowest BCUT2D eigenvalue weighted by molar-refractivity contribution is -0.125. The van der Waals surface area contributed by atoms with Crippen LogP contribution in [0.2, 0.25) is 0 Å². The molecule has 1 aromatic rings. The van der Waals surface area contributed by atoms with Gasteiger partial charge >= 0.3 is 6.03 Å². The van der Waals surface area contributed by atoms with E-state index >= 15 is 0 Å². The Morgan fingerprint density at radius 1 is 1.11 bits per heavy atom. The summed E-state index contributed by atoms with van der Waals surface area (Å²) in [5.41, 5.74) is 1.25. The molecule has 1 unspecified atom stereocenters. The number of nitrogens with one attached hydrogen (secondary N) is 4. The van der Waals surface area contributed by atoms with E-state index in [0.717, 1.165) is 24.3 Å². The number of carbonyl (C=O) groups excluding carboxylic acids is 4. The van der Waals surface area contributed by atoms with Crippen LogP contribution in [0.5, 0.6) is 0 Å². The molecule has 0 aliphatic carbocycles. The molecule has 0 bridgehead atoms. The van der Waals surface area contributed by atoms with Crippen molar-refractivity contribution in [2.75, 3.05) is 36.8 Å². The van der Waals surface area contributed by atoms with Crippen LogP contribution < -0.4 is 21.3 Å². The van der Waals surface area contributed by atoms with Gasteiger partial charge in [-0.25, -0.2) is 4.79 Å². The Bertz CT molecular complexity index is 718. The third-order valence-corrected chi connectivity index (χ3v) is 4.60. The molecule has 0 saturated carbocycles. The number of amides is 5. The third kappa shape index (κ3) is 5.67. The average molecular weight is 410 g/mol. The summed E-state index contributed by atoms with van der Waals surface area (Å²) in [6.07, 6.45) is 1.89. The van der Waals surface area contributed by atoms with Crippen molar-refractivity contribution in [2.24, 2.45) is 5.92 Å². The maximum atomic E-state index is 12.2. The van der Waals surface area contributed by atoms with Crippen LogP contribution in [0.25, 0.3) is 0 Å². The molecule has 5 amide bonds. The molecule has 3 rings (SSSR count). The first kappa shape index (κ1) is 21.6. The lowest BCUT2D eigenvalue weighted by Crippen LogP contribution is -2.37. The second kappa shape index (κ2) is 10.0. The van der Waals surface area contributed by atoms with Gasteiger partial charge in [0.25, 0.3) is 0 Å². The molecule has 152 valence electrons. The Morgan fingerprint density at radius 3 is 2.36 bits per heavy atom. The molecule has 0 radical (unpaired) electrons. The molecule has 10 heteroatoms. The summed E-state index contributed by atoms with van der Waals surface area (Å²) < 4.78 is 0. The normalized spacial score (nSPS) is 18.9. The summed E-state index contributed by atoms with van der Waals surface area (Å²) in [5, 5.41) is 11.2. The van der Waals surface area contributed by atoms with Crippen molar-refractivity contribution >= 4 is 47.5 Å². The minimum absolute atomic E-state index is 0. The second-order valence-electron chi connectivity index (χ2n) is 6.61. The molecule has 28 heavy (non-hydrogen) atoms. The number of urea groups is 1. The Kier molecular flexibility index (Phi) is 7.77. The van der Waals surface area contributed by atoms with E-state index in [4.69, 9.17) is 0 Å². The summed E-state index contributed by atoms with van der Waals surface area (Å²) in [6, 6.07) is 6.37. The predicted octanol–water partition coefficient (Wildman–Crippen LogP) is 0.927. The Balaban J connectivity index is 0.00000280. The van der Waals surface area contributed by atoms with Crippen molar-refractivity contribution in [3.8, 4) is 0 Å². The Hall–Kier alpha value is -2.65. The number of anilines is 2. The van der Waals surface area contributed by atoms with E-state index < -0.39 is 6.03 Å². The van der Waals surface area contributed by atoms with Gasteiger partial charge in [-0.05, 0) is 43.7 Å². The van der Waals surface area contributed by atoms with Crippen molar-refractivity contribution in [1.29, 1.82) is 0 Å². The molecule has 2 aliphatic heterocycles. The number of hydrogen-bond donors (Lipinski definition) is 4. The first-order valence-corrected chi connectivity index (χ1v) is 9.02. The van der Waals surface area contributed by atoms with Gasteiger partial charge in [-0.3, -0.25) is 19.3 Å². The fourth-order valence-corrected chi connectivity index (χ4v) is 3.08. The molecule has 1 aromatic carbocycles. The molecular formula is C18H24ClN5O4. The van der Waals surface area contributed by atoms with Crippen LogP contribution in [-0.2, 0) is 14.4 Å². The Morgan fingerprint density at radius 2 is 1.79 bits per heavy atom. The molecule has 2 fully saturated rings. The van der Waals surface area contributed by atoms with Gasteiger partial charge < -0.3 is 21.3 Å². The number of piperidine rings is 1. The highest BCUT2D eigenvalue weighted by atomic mass is 35.5. The van der Waals surface area contributed by atoms with E-state index in [1.54, 1.807) is 24.3 Å². The first-order valence-electron chi connectivity index (χ1n) is 9.02. The largest absolute Gasteiger partial charge is 0.329 e. The van der Waals surface area contributed by atoms with Crippen LogP contribution in [0.1, 0.15) is 19.3 Å². The maximum absolute atomic E-state index is 12.2. The summed E-state index contributed by atoms with van der Waals surface area (Å²) in [5.74, 6) is -0.662. The number of nitrogens with zero attached hydrogens (tertiary/aromatic N) is 1. The molecule has 0 spiro atoms. The van der Waals surface area contributed by atoms with Gasteiger partial charge in [0.1, 0.15) is 0 Å². The van der Waals surface area contributed by atoms with E-state index in [0.29, 0.717) is 17.9 Å². The Labute approximate surface area is 169 Å². The quantitative estimate of drug-likeness (QED) is 0.521. The number of benzene rings is 1. The van der Waals surface area contributed by atoms with Gasteiger partial charge in [0.05, 0.1) is 12.5 Å². The molecule has 9 nitrogen and oxygen atoms in total. The minimum atomic E-state index is -0.471. The molecular weight excluding hydrogens is 386 g/mol. The van der Waals surface area contributed by atoms with Crippen LogP contribution in [0.15, 0.2) is 24.3 Å². The molecule has 0 aromatic heterocycles. The van der Waals surface area contributed by atoms with Crippen molar-refractivity contribution in [3.63, 3.8) is 0 Å². The van der Waals surface area contributed by atoms with Crippen molar-refractivity contribution < 1.29 is 19.2 Å². The van der Waals surface area contributed by atoms with Crippen molar-refractivity contribution in [1.82, 2.24) is 15.5 Å². The predicted molar refractivity (Wildman–Crippen MR) is 106 cm³/mol. The highest BCUT2D eigenvalue weighted by molar-refractivity contribution is 6.02. The highest BCUT2D eigenvalue weighted by Gasteiger charge is 2.28. The van der Waals surface area contributed by atoms with E-state index in [2.05, 4.69) is 21.3 Å². The number of carbonyl (C=O) groups is 4. The van der Waals surface area contributed by atoms with Crippen LogP contribution in [-0.4, -0.2) is 54.8 Å². The zero-order valence-electron chi connectivity index (χ0n) is 15.3. The number of rotatable bonds is 6. The SMILES string of the molecule is Cl.O=C(CCN1C(=O)CNC1=O)Nc1ccc(NC(=O)C2CCCNC2)cc1. The van der Waals surface area contributed by atoms with E-state index in [1.165, 1.54) is 0 Å². The van der Waals surface area contributed by atoms with Crippen LogP contribution in [0, 0.1) is 5.92 Å². The standard InChI is InChI=1S/C18H23N5O4.ClH/c24-15(7-9-23-16(25)11-20-18(23)27)21-13-3-5-14(6-4-13)22-17(26)12-2-1-8-19-10-12;/h3-6,12,19H,1-2,7-11H2,(H,20,27)(H,21,24)(H,22,26);1H. The topological polar surface area (TPSA) is 120 Å². The molecule has 2 saturated heterocycles. The first-order chi connectivity index (χ1) is 13.0. The average Bonchev–Trinajstić information content (AvgIpc) is 3.00. The highest BCUT2D eigenvalue weighted by Crippen LogP contribution is 2.17. The molecule has 2 aliphatic rings. The number of imide groups is 1. The van der Waals surface area contributed by atoms with Gasteiger partial charge in [0.2, 0.25) is 17.7 Å². The maximum Gasteiger partial charge on any atom is 0.324 e. The van der Waals surface area contributed by atoms with Gasteiger partial charge in [0, 0.05) is 30.9 Å². The van der Waals surface area contributed by atoms with Gasteiger partial charge in [0.15, 0.2) is 0 Å². The van der Waals surface area contributed by atoms with E-state index in [9.17, 15) is 19.2 Å². The minimum Gasteiger partial charge on any atom is -0.329 e. The number of hydrogen-bond acceptors (Lipinski definition) is 5. The van der Waals surface area contributed by atoms with E-state index in [-0.39, 0.29) is 55.6 Å². The van der Waals surface area contributed by atoms with Crippen LogP contribution in [0.3, 0.4) is 0 Å². The fourth-order valence-electron chi connectivity index (χ4n) is 3.08. The summed E-state index contributed by atoms with van der Waals surface area (Å²) in [4.78, 5) is 48.1. The van der Waals surface area contributed by atoms with Gasteiger partial charge in [-0.15, -0.1) is 12.4 Å². The molecule has 4 N–H and O–H groups in total. The van der Waals surface area contributed by atoms with E-state index in [1.807, 2.05) is 0 Å².